The van der Waals surface area contributed by atoms with E-state index >= 15 is 0 Å². The summed E-state index contributed by atoms with van der Waals surface area (Å²) in [5.74, 6) is 0.507. The number of ketones is 1. The van der Waals surface area contributed by atoms with E-state index < -0.39 is 0 Å². The van der Waals surface area contributed by atoms with Gasteiger partial charge in [-0.3, -0.25) is 4.79 Å². The number of allylic oxidation sites excluding steroid dienone is 1. The van der Waals surface area contributed by atoms with E-state index in [1.807, 2.05) is 0 Å². The van der Waals surface area contributed by atoms with Gasteiger partial charge in [-0.2, -0.15) is 0 Å². The number of carbonyl (C=O) groups excluding carboxylic acids is 1. The second kappa shape index (κ2) is 2.39. The average molecular weight is 204 g/mol. The van der Waals surface area contributed by atoms with Crippen LogP contribution < -0.4 is 0 Å². The Morgan fingerprint density at radius 3 is 2.60 bits per heavy atom. The molecule has 1 heteroatoms. The Morgan fingerprint density at radius 2 is 1.93 bits per heavy atom. The minimum atomic E-state index is -0.0868. The molecule has 0 saturated heterocycles. The summed E-state index contributed by atoms with van der Waals surface area (Å²) >= 11 is 0. The summed E-state index contributed by atoms with van der Waals surface area (Å²) in [7, 11) is 0. The van der Waals surface area contributed by atoms with Gasteiger partial charge in [-0.05, 0) is 36.5 Å². The molecule has 0 aliphatic heterocycles. The first kappa shape index (κ1) is 9.62. The van der Waals surface area contributed by atoms with Crippen molar-refractivity contribution in [1.82, 2.24) is 0 Å². The first-order valence-corrected chi connectivity index (χ1v) is 6.18. The van der Waals surface area contributed by atoms with Gasteiger partial charge >= 0.3 is 0 Å². The van der Waals surface area contributed by atoms with E-state index in [0.717, 1.165) is 19.3 Å². The normalized spacial score (nSPS) is 47.1. The third-order valence-electron chi connectivity index (χ3n) is 5.80. The van der Waals surface area contributed by atoms with Crippen molar-refractivity contribution in [2.45, 2.75) is 52.4 Å². The first-order valence-electron chi connectivity index (χ1n) is 6.18. The number of hydrogen-bond donors (Lipinski definition) is 0. The van der Waals surface area contributed by atoms with Gasteiger partial charge in [0, 0.05) is 6.42 Å². The highest BCUT2D eigenvalue weighted by Gasteiger charge is 2.72. The molecule has 0 heterocycles. The lowest BCUT2D eigenvalue weighted by Crippen LogP contribution is -2.39. The van der Waals surface area contributed by atoms with Crippen LogP contribution in [0.15, 0.2) is 12.2 Å². The third kappa shape index (κ3) is 0.745. The number of rotatable bonds is 0. The summed E-state index contributed by atoms with van der Waals surface area (Å²) in [5.41, 5.74) is 1.67. The summed E-state index contributed by atoms with van der Waals surface area (Å²) in [6, 6.07) is 0. The molecule has 0 aromatic heterocycles. The maximum atomic E-state index is 12.4. The number of carbonyl (C=O) groups is 1. The van der Waals surface area contributed by atoms with Crippen molar-refractivity contribution < 1.29 is 4.79 Å². The molecule has 3 rings (SSSR count). The van der Waals surface area contributed by atoms with Crippen LogP contribution in [0.5, 0.6) is 0 Å². The Balaban J connectivity index is 2.26. The molecule has 3 aliphatic carbocycles. The molecule has 0 N–H and O–H groups in total. The van der Waals surface area contributed by atoms with E-state index in [9.17, 15) is 4.79 Å². The largest absolute Gasteiger partial charge is 0.299 e. The summed E-state index contributed by atoms with van der Waals surface area (Å²) in [6.07, 6.45) is 6.67. The van der Waals surface area contributed by atoms with Gasteiger partial charge in [-0.15, -0.1) is 0 Å². The van der Waals surface area contributed by atoms with Gasteiger partial charge < -0.3 is 0 Å². The lowest BCUT2D eigenvalue weighted by molar-refractivity contribution is -0.125. The lowest BCUT2D eigenvalue weighted by Gasteiger charge is -2.42. The second-order valence-corrected chi connectivity index (χ2v) is 6.43. The molecule has 15 heavy (non-hydrogen) atoms. The Morgan fingerprint density at radius 1 is 1.20 bits per heavy atom. The predicted octanol–water partition coefficient (Wildman–Crippen LogP) is 3.49. The van der Waals surface area contributed by atoms with Crippen molar-refractivity contribution in [3.63, 3.8) is 0 Å². The minimum Gasteiger partial charge on any atom is -0.299 e. The molecule has 3 fully saturated rings. The standard InChI is InChI=1S/C14H20O/c1-10-5-8-13-6-4-7-14(10,13)11(15)9-12(13,2)3/h1,4-9H2,2-3H3/t13-,14+/m0/s1. The molecule has 0 bridgehead atoms. The molecule has 0 unspecified atom stereocenters. The molecular formula is C14H20O. The second-order valence-electron chi connectivity index (χ2n) is 6.43. The fourth-order valence-corrected chi connectivity index (χ4v) is 5.12. The van der Waals surface area contributed by atoms with E-state index in [1.165, 1.54) is 24.8 Å². The Hall–Kier alpha value is -0.590. The fourth-order valence-electron chi connectivity index (χ4n) is 5.12. The van der Waals surface area contributed by atoms with Crippen LogP contribution in [0, 0.1) is 16.2 Å². The zero-order chi connectivity index (χ0) is 10.9. The Bertz CT molecular complexity index is 366. The molecule has 0 amide bonds. The SMILES string of the molecule is C=C1CC[C@]23CCC[C@]12C(=O)CC3(C)C. The van der Waals surface area contributed by atoms with Crippen molar-refractivity contribution >= 4 is 5.78 Å². The van der Waals surface area contributed by atoms with Gasteiger partial charge in [0.2, 0.25) is 0 Å². The zero-order valence-electron chi connectivity index (χ0n) is 9.86. The summed E-state index contributed by atoms with van der Waals surface area (Å²) < 4.78 is 0. The highest BCUT2D eigenvalue weighted by Crippen LogP contribution is 2.76. The summed E-state index contributed by atoms with van der Waals surface area (Å²) in [4.78, 5) is 12.4. The van der Waals surface area contributed by atoms with Crippen molar-refractivity contribution in [2.24, 2.45) is 16.2 Å². The molecule has 3 saturated carbocycles. The molecule has 0 spiro atoms. The van der Waals surface area contributed by atoms with Crippen LogP contribution >= 0.6 is 0 Å². The average Bonchev–Trinajstić information content (AvgIpc) is 2.68. The third-order valence-corrected chi connectivity index (χ3v) is 5.80. The molecular weight excluding hydrogens is 184 g/mol. The van der Waals surface area contributed by atoms with Gasteiger partial charge in [0.1, 0.15) is 5.78 Å². The Labute approximate surface area is 91.9 Å². The molecule has 0 aromatic carbocycles. The van der Waals surface area contributed by atoms with E-state index in [4.69, 9.17) is 0 Å². The van der Waals surface area contributed by atoms with Crippen LogP contribution in [0.4, 0.5) is 0 Å². The van der Waals surface area contributed by atoms with Crippen molar-refractivity contribution in [2.75, 3.05) is 0 Å². The molecule has 1 nitrogen and oxygen atoms in total. The zero-order valence-corrected chi connectivity index (χ0v) is 9.86. The van der Waals surface area contributed by atoms with E-state index in [-0.39, 0.29) is 16.2 Å². The molecule has 82 valence electrons. The van der Waals surface area contributed by atoms with Crippen LogP contribution in [0.1, 0.15) is 52.4 Å². The minimum absolute atomic E-state index is 0.0868. The molecule has 0 radical (unpaired) electrons. The highest BCUT2D eigenvalue weighted by molar-refractivity contribution is 5.93. The van der Waals surface area contributed by atoms with E-state index in [2.05, 4.69) is 20.4 Å². The smallest absolute Gasteiger partial charge is 0.144 e. The summed E-state index contributed by atoms with van der Waals surface area (Å²) in [5, 5.41) is 0. The molecule has 0 aromatic rings. The van der Waals surface area contributed by atoms with Crippen LogP contribution in [-0.2, 0) is 4.79 Å². The van der Waals surface area contributed by atoms with Crippen LogP contribution in [0.2, 0.25) is 0 Å². The number of Topliss-reactive ketones (excluding diaryl/α,β-unsaturated/α-hetero) is 1. The van der Waals surface area contributed by atoms with Gasteiger partial charge in [-0.1, -0.05) is 32.4 Å². The van der Waals surface area contributed by atoms with E-state index in [1.54, 1.807) is 0 Å². The van der Waals surface area contributed by atoms with Gasteiger partial charge in [-0.25, -0.2) is 0 Å². The quantitative estimate of drug-likeness (QED) is 0.552. The maximum absolute atomic E-state index is 12.4. The summed E-state index contributed by atoms with van der Waals surface area (Å²) in [6.45, 7) is 8.82. The topological polar surface area (TPSA) is 17.1 Å². The Kier molecular flexibility index (Phi) is 1.53. The van der Waals surface area contributed by atoms with Gasteiger partial charge in [0.15, 0.2) is 0 Å². The monoisotopic (exact) mass is 204 g/mol. The maximum Gasteiger partial charge on any atom is 0.144 e. The van der Waals surface area contributed by atoms with Crippen LogP contribution in [0.25, 0.3) is 0 Å². The van der Waals surface area contributed by atoms with Crippen molar-refractivity contribution in [3.8, 4) is 0 Å². The first-order chi connectivity index (χ1) is 6.96. The van der Waals surface area contributed by atoms with Crippen LogP contribution in [0.3, 0.4) is 0 Å². The molecule has 2 atom stereocenters. The predicted molar refractivity (Wildman–Crippen MR) is 60.5 cm³/mol. The van der Waals surface area contributed by atoms with E-state index in [0.29, 0.717) is 5.78 Å². The van der Waals surface area contributed by atoms with Gasteiger partial charge in [0.05, 0.1) is 5.41 Å². The van der Waals surface area contributed by atoms with Crippen molar-refractivity contribution in [1.29, 1.82) is 0 Å². The van der Waals surface area contributed by atoms with Gasteiger partial charge in [0.25, 0.3) is 0 Å². The lowest BCUT2D eigenvalue weighted by atomic mass is 9.60. The van der Waals surface area contributed by atoms with Crippen LogP contribution in [-0.4, -0.2) is 5.78 Å². The van der Waals surface area contributed by atoms with Crippen molar-refractivity contribution in [3.05, 3.63) is 12.2 Å². The number of hydrogen-bond acceptors (Lipinski definition) is 1. The fraction of sp³-hybridized carbons (Fsp3) is 0.786. The molecule has 3 aliphatic rings. The highest BCUT2D eigenvalue weighted by atomic mass is 16.1.